The minimum absolute atomic E-state index is 0.0575. The summed E-state index contributed by atoms with van der Waals surface area (Å²) in [5, 5.41) is 93.6. The predicted molar refractivity (Wildman–Crippen MR) is 368 cm³/mol. The number of carbonyl (C=O) groups is 2. The molecule has 26 nitrogen and oxygen atoms in total. The van der Waals surface area contributed by atoms with Gasteiger partial charge in [0.2, 0.25) is 0 Å². The molecule has 0 aromatic carbocycles. The lowest BCUT2D eigenvalue weighted by atomic mass is 9.76. The van der Waals surface area contributed by atoms with E-state index in [2.05, 4.69) is 24.1 Å². The molecule has 9 N–H and O–H groups in total. The van der Waals surface area contributed by atoms with Crippen LogP contribution in [0, 0.1) is 47.3 Å². The van der Waals surface area contributed by atoms with Gasteiger partial charge in [0.25, 0.3) is 0 Å². The number of carbonyl (C=O) groups excluding carboxylic acids is 2. The summed E-state index contributed by atoms with van der Waals surface area (Å²) < 4.78 is 90.1. The number of rotatable bonds is 19. The van der Waals surface area contributed by atoms with Crippen LogP contribution in [-0.2, 0) is 75.9 Å². The van der Waals surface area contributed by atoms with Crippen molar-refractivity contribution in [2.75, 3.05) is 34.9 Å². The Kier molecular flexibility index (Phi) is 28.7. The second-order valence-electron chi connectivity index (χ2n) is 33.0. The van der Waals surface area contributed by atoms with Crippen LogP contribution in [0.4, 0.5) is 0 Å². The number of cyclic esters (lactones) is 2. The third-order valence-electron chi connectivity index (χ3n) is 24.9. The SMILES string of the molecule is CC[C@@H](O)[C@@](C)(O)[C@@H]1OC(=O)[C@H](C)[C@@H](O[C@H]2CC(C)(OC)[C@@H](O)C(C)O2)[C@H](C)[C@@H](O[C@@H]2OC(C)CC(N(C)CC)C2O)[C@]2(C)CC(C)C(O2)[C@@H]1C.CC[C@@H](O)[C@@](C)(O)[C@@H]1OC(=O)[C@H](C)[C@@H](O[C@H]2CC(C)(OC)[C@@H](O)C(C)O2)[C@H](C)[C@@H](O[C@@H]2OC(C)CC(NC)C2O)[C@]2(C)CC(C)C(O2)[C@@H]1C. The monoisotopic (exact) mass is 1430 g/mol. The van der Waals surface area contributed by atoms with Gasteiger partial charge in [-0.25, -0.2) is 0 Å². The van der Waals surface area contributed by atoms with Crippen LogP contribution in [0.25, 0.3) is 0 Å². The quantitative estimate of drug-likeness (QED) is 0.0741. The summed E-state index contributed by atoms with van der Waals surface area (Å²) in [6.07, 6.45) is -14.8. The smallest absolute Gasteiger partial charge is 0.311 e. The third kappa shape index (κ3) is 17.6. The Balaban J connectivity index is 0.000000281. The molecule has 0 aromatic rings. The lowest BCUT2D eigenvalue weighted by Crippen LogP contribution is -2.60. The number of fused-ring (bicyclic) bond motifs is 4. The summed E-state index contributed by atoms with van der Waals surface area (Å²) in [7, 11) is 6.83. The second-order valence-corrected chi connectivity index (χ2v) is 33.0. The topological polar surface area (TPSA) is 340 Å². The number of methoxy groups -OCH3 is 2. The van der Waals surface area contributed by atoms with E-state index in [1.165, 1.54) is 28.1 Å². The van der Waals surface area contributed by atoms with E-state index in [0.717, 1.165) is 6.54 Å². The molecule has 0 aliphatic carbocycles. The predicted octanol–water partition coefficient (Wildman–Crippen LogP) is 5.29. The molecule has 8 saturated heterocycles. The number of aliphatic hydroxyl groups excluding tert-OH is 6. The molecule has 0 saturated carbocycles. The van der Waals surface area contributed by atoms with Crippen molar-refractivity contribution in [3.63, 3.8) is 0 Å². The average Bonchev–Trinajstić information content (AvgIpc) is 1.57. The van der Waals surface area contributed by atoms with Crippen molar-refractivity contribution in [3.05, 3.63) is 0 Å². The van der Waals surface area contributed by atoms with Crippen LogP contribution in [0.15, 0.2) is 0 Å². The van der Waals surface area contributed by atoms with Crippen molar-refractivity contribution in [3.8, 4) is 0 Å². The average molecular weight is 1440 g/mol. The number of ether oxygens (including phenoxy) is 14. The molecular weight excluding hydrogens is 1300 g/mol. The minimum atomic E-state index is -1.79. The normalized spacial score (nSPS) is 49.5. The van der Waals surface area contributed by atoms with Crippen LogP contribution in [0.3, 0.4) is 0 Å². The zero-order valence-electron chi connectivity index (χ0n) is 64.9. The van der Waals surface area contributed by atoms with Crippen LogP contribution in [0.1, 0.15) is 197 Å². The van der Waals surface area contributed by atoms with Crippen LogP contribution < -0.4 is 5.32 Å². The molecule has 8 rings (SSSR count). The zero-order chi connectivity index (χ0) is 75.2. The highest BCUT2D eigenvalue weighted by Crippen LogP contribution is 2.51. The van der Waals surface area contributed by atoms with Crippen molar-refractivity contribution >= 4 is 11.9 Å². The Bertz CT molecular complexity index is 2610. The van der Waals surface area contributed by atoms with Crippen LogP contribution in [0.2, 0.25) is 0 Å². The molecule has 4 bridgehead atoms. The highest BCUT2D eigenvalue weighted by atomic mass is 16.7. The van der Waals surface area contributed by atoms with E-state index in [0.29, 0.717) is 25.7 Å². The number of esters is 2. The molecule has 8 heterocycles. The summed E-state index contributed by atoms with van der Waals surface area (Å²) in [5.41, 5.74) is -7.44. The maximum atomic E-state index is 14.3. The summed E-state index contributed by atoms with van der Waals surface area (Å²) in [6.45, 7) is 39.4. The Hall–Kier alpha value is -1.94. The van der Waals surface area contributed by atoms with E-state index in [9.17, 15) is 50.4 Å². The van der Waals surface area contributed by atoms with Gasteiger partial charge in [0.15, 0.2) is 25.2 Å². The Labute approximate surface area is 596 Å². The summed E-state index contributed by atoms with van der Waals surface area (Å²) >= 11 is 0. The van der Waals surface area contributed by atoms with Crippen molar-refractivity contribution in [1.29, 1.82) is 0 Å². The van der Waals surface area contributed by atoms with Gasteiger partial charge in [0, 0.05) is 62.8 Å². The fourth-order valence-corrected chi connectivity index (χ4v) is 18.4. The largest absolute Gasteiger partial charge is 0.459 e. The third-order valence-corrected chi connectivity index (χ3v) is 24.9. The van der Waals surface area contributed by atoms with Gasteiger partial charge in [0.05, 0.1) is 107 Å². The minimum Gasteiger partial charge on any atom is -0.459 e. The number of nitrogens with zero attached hydrogens (tertiary/aromatic N) is 1. The number of hydrogen-bond donors (Lipinski definition) is 9. The Morgan fingerprint density at radius 1 is 0.560 bits per heavy atom. The molecule has 26 heteroatoms. The second kappa shape index (κ2) is 33.7. The van der Waals surface area contributed by atoms with Crippen LogP contribution in [0.5, 0.6) is 0 Å². The van der Waals surface area contributed by atoms with Crippen molar-refractivity contribution in [1.82, 2.24) is 10.2 Å². The van der Waals surface area contributed by atoms with Gasteiger partial charge in [-0.1, -0.05) is 62.3 Å². The lowest BCUT2D eigenvalue weighted by Gasteiger charge is -2.48. The molecule has 100 heavy (non-hydrogen) atoms. The first-order chi connectivity index (χ1) is 46.4. The zero-order valence-corrected chi connectivity index (χ0v) is 64.9. The fraction of sp³-hybridized carbons (Fsp3) is 0.973. The molecule has 8 aliphatic heterocycles. The van der Waals surface area contributed by atoms with Crippen LogP contribution in [-0.4, -0.2) is 273 Å². The molecule has 0 radical (unpaired) electrons. The molecule has 8 fully saturated rings. The summed E-state index contributed by atoms with van der Waals surface area (Å²) in [5.74, 6) is -5.35. The molecule has 14 unspecified atom stereocenters. The first-order valence-electron chi connectivity index (χ1n) is 37.4. The molecule has 0 spiro atoms. The maximum Gasteiger partial charge on any atom is 0.311 e. The molecule has 0 aromatic heterocycles. The number of likely N-dealkylation sites (N-methyl/N-ethyl adjacent to an activating group) is 2. The lowest BCUT2D eigenvalue weighted by molar-refractivity contribution is -0.318. The fourth-order valence-electron chi connectivity index (χ4n) is 18.4. The highest BCUT2D eigenvalue weighted by Gasteiger charge is 2.62. The standard InChI is InChI=1S/C38H69NO12.C36H65NO12/c1-14-26(40)38(11,44)33-21(5)29-19(3)17-37(10,51-29)32(50-35-28(41)25(39(12)15-2)16-20(4)46-35)22(6)30(23(7)34(43)49-33)48-27-18-36(9,45-13)31(42)24(8)47-27;1-13-24(38)36(10,42)31-19(4)27-17(2)15-35(9,49-27)30(48-33-26(39)23(37-11)14-18(3)44-33)20(5)28(21(6)32(41)47-31)46-25-16-34(8,43-12)29(40)22(7)45-25/h19-33,35,40-42,44H,14-18H2,1-13H3;17-31,33,37-40,42H,13-16H2,1-12H3/t19?,20?,21-,22-,23+,24?,25?,26+,27-,28?,29?,30-,31-,32+,33+,35-,36?,37-,38+;17?,18?,19-,20-,21+,22?,23?,24+,25-,26?,27?,28-,29-,30+,31+,33-,34?,35-,36+/m00/s1. The molecule has 584 valence electrons. The van der Waals surface area contributed by atoms with Gasteiger partial charge in [-0.05, 0) is 154 Å². The van der Waals surface area contributed by atoms with Crippen molar-refractivity contribution in [2.45, 2.75) is 377 Å². The Morgan fingerprint density at radius 3 is 1.28 bits per heavy atom. The van der Waals surface area contributed by atoms with Gasteiger partial charge in [-0.15, -0.1) is 0 Å². The number of aliphatic hydroxyl groups is 8. The summed E-state index contributed by atoms with van der Waals surface area (Å²) in [4.78, 5) is 30.6. The van der Waals surface area contributed by atoms with E-state index < -0.39 is 204 Å². The van der Waals surface area contributed by atoms with Gasteiger partial charge in [0.1, 0.15) is 47.8 Å². The van der Waals surface area contributed by atoms with E-state index >= 15 is 0 Å². The highest BCUT2D eigenvalue weighted by molar-refractivity contribution is 5.73. The maximum absolute atomic E-state index is 14.3. The Morgan fingerprint density at radius 2 is 0.930 bits per heavy atom. The van der Waals surface area contributed by atoms with Crippen molar-refractivity contribution < 1.29 is 117 Å². The van der Waals surface area contributed by atoms with Crippen molar-refractivity contribution in [2.24, 2.45) is 47.3 Å². The van der Waals surface area contributed by atoms with E-state index in [-0.39, 0.29) is 61.8 Å². The number of nitrogens with one attached hydrogen (secondary N) is 1. The van der Waals surface area contributed by atoms with E-state index in [1.807, 2.05) is 69.4 Å². The summed E-state index contributed by atoms with van der Waals surface area (Å²) in [6, 6.07) is -0.463. The molecule has 38 atom stereocenters. The van der Waals surface area contributed by atoms with Gasteiger partial charge in [-0.3, -0.25) is 9.59 Å². The van der Waals surface area contributed by atoms with Gasteiger partial charge < -0.3 is 117 Å². The molecule has 8 aliphatic rings. The van der Waals surface area contributed by atoms with E-state index in [4.69, 9.17) is 66.3 Å². The number of hydrogen-bond acceptors (Lipinski definition) is 26. The molecular formula is C74H134N2O24. The first kappa shape index (κ1) is 85.3. The van der Waals surface area contributed by atoms with Crippen LogP contribution >= 0.6 is 0 Å². The molecule has 0 amide bonds. The first-order valence-corrected chi connectivity index (χ1v) is 37.4. The van der Waals surface area contributed by atoms with Gasteiger partial charge >= 0.3 is 11.9 Å². The van der Waals surface area contributed by atoms with Gasteiger partial charge in [-0.2, -0.15) is 0 Å². The van der Waals surface area contributed by atoms with E-state index in [1.54, 1.807) is 62.4 Å².